The van der Waals surface area contributed by atoms with Crippen molar-refractivity contribution in [2.75, 3.05) is 12.9 Å². The highest BCUT2D eigenvalue weighted by atomic mass is 32.2. The molecule has 0 fully saturated rings. The summed E-state index contributed by atoms with van der Waals surface area (Å²) in [7, 11) is 1.59. The Kier molecular flexibility index (Phi) is 5.05. The zero-order valence-corrected chi connectivity index (χ0v) is 18.0. The Morgan fingerprint density at radius 3 is 2.61 bits per heavy atom. The molecule has 0 amide bonds. The molecule has 31 heavy (non-hydrogen) atoms. The van der Waals surface area contributed by atoms with Gasteiger partial charge in [0.15, 0.2) is 10.9 Å². The van der Waals surface area contributed by atoms with Gasteiger partial charge in [-0.15, -0.1) is 21.5 Å². The number of Topliss-reactive ketones (excluding diaryl/α,β-unsaturated/α-hetero) is 1. The second-order valence-corrected chi connectivity index (χ2v) is 8.55. The summed E-state index contributed by atoms with van der Waals surface area (Å²) in [6.07, 6.45) is 0. The first-order valence-corrected chi connectivity index (χ1v) is 11.3. The lowest BCUT2D eigenvalue weighted by Crippen LogP contribution is -2.21. The number of carbonyl (C=O) groups excluding carboxylic acids is 1. The summed E-state index contributed by atoms with van der Waals surface area (Å²) in [5.41, 5.74) is 1.16. The Hall–Kier alpha value is -3.43. The molecule has 0 N–H and O–H groups in total. The molecule has 0 aliphatic rings. The molecule has 0 aliphatic carbocycles. The van der Waals surface area contributed by atoms with Crippen LogP contribution in [0, 0.1) is 0 Å². The van der Waals surface area contributed by atoms with Gasteiger partial charge in [0, 0.05) is 0 Å². The third-order valence-electron chi connectivity index (χ3n) is 4.85. The molecule has 0 radical (unpaired) electrons. The van der Waals surface area contributed by atoms with Gasteiger partial charge in [-0.3, -0.25) is 14.0 Å². The highest BCUT2D eigenvalue weighted by molar-refractivity contribution is 7.99. The van der Waals surface area contributed by atoms with E-state index in [0.717, 1.165) is 0 Å². The average molecular weight is 449 g/mol. The van der Waals surface area contributed by atoms with Crippen LogP contribution in [0.2, 0.25) is 0 Å². The molecule has 0 spiro atoms. The first kappa shape index (κ1) is 19.5. The number of benzene rings is 2. The number of thioether (sulfide) groups is 1. The van der Waals surface area contributed by atoms with Gasteiger partial charge in [0.1, 0.15) is 5.75 Å². The molecule has 0 bridgehead atoms. The van der Waals surface area contributed by atoms with Crippen LogP contribution in [-0.2, 0) is 0 Å². The van der Waals surface area contributed by atoms with Gasteiger partial charge in [0.2, 0.25) is 5.78 Å². The number of fused-ring (bicyclic) bond motifs is 3. The largest absolute Gasteiger partial charge is 0.497 e. The third kappa shape index (κ3) is 3.41. The summed E-state index contributed by atoms with van der Waals surface area (Å²) in [6, 6.07) is 18.2. The van der Waals surface area contributed by atoms with Crippen molar-refractivity contribution in [3.05, 3.63) is 81.3 Å². The first-order valence-electron chi connectivity index (χ1n) is 9.40. The minimum atomic E-state index is -0.188. The number of methoxy groups -OCH3 is 1. The lowest BCUT2D eigenvalue weighted by Gasteiger charge is -2.11. The van der Waals surface area contributed by atoms with E-state index in [4.69, 9.17) is 4.74 Å². The summed E-state index contributed by atoms with van der Waals surface area (Å²) < 4.78 is 8.58. The molecule has 5 aromatic rings. The summed E-state index contributed by atoms with van der Waals surface area (Å²) in [5.74, 6) is 1.35. The molecule has 9 heteroatoms. The smallest absolute Gasteiger partial charge is 0.267 e. The van der Waals surface area contributed by atoms with Crippen LogP contribution in [0.25, 0.3) is 22.4 Å². The fraction of sp³-hybridized carbons (Fsp3) is 0.0909. The molecular formula is C22H16N4O3S2. The molecule has 0 aliphatic heterocycles. The number of hydrogen-bond acceptors (Lipinski definition) is 7. The highest BCUT2D eigenvalue weighted by Gasteiger charge is 2.19. The molecule has 7 nitrogen and oxygen atoms in total. The van der Waals surface area contributed by atoms with Crippen molar-refractivity contribution >= 4 is 45.6 Å². The van der Waals surface area contributed by atoms with Crippen molar-refractivity contribution in [3.63, 3.8) is 0 Å². The maximum absolute atomic E-state index is 13.3. The van der Waals surface area contributed by atoms with Crippen LogP contribution < -0.4 is 10.3 Å². The van der Waals surface area contributed by atoms with Crippen molar-refractivity contribution in [2.45, 2.75) is 5.16 Å². The molecular weight excluding hydrogens is 432 g/mol. The Morgan fingerprint density at radius 2 is 1.87 bits per heavy atom. The maximum Gasteiger partial charge on any atom is 0.267 e. The van der Waals surface area contributed by atoms with E-state index in [0.29, 0.717) is 38.2 Å². The van der Waals surface area contributed by atoms with Crippen molar-refractivity contribution < 1.29 is 9.53 Å². The second kappa shape index (κ2) is 8.01. The van der Waals surface area contributed by atoms with E-state index in [2.05, 4.69) is 10.2 Å². The topological polar surface area (TPSA) is 78.5 Å². The quantitative estimate of drug-likeness (QED) is 0.288. The van der Waals surface area contributed by atoms with Crippen LogP contribution in [0.4, 0.5) is 0 Å². The second-order valence-electron chi connectivity index (χ2n) is 6.66. The molecule has 2 aromatic carbocycles. The molecule has 154 valence electrons. The Labute approximate surface area is 184 Å². The minimum Gasteiger partial charge on any atom is -0.497 e. The SMILES string of the molecule is COc1ccc(-n2c(=O)c3ccccc3n3c(SCC(=O)c4cccs4)nnc23)cc1. The number of ketones is 1. The normalized spacial score (nSPS) is 11.3. The van der Waals surface area contributed by atoms with Gasteiger partial charge in [0.05, 0.1) is 34.3 Å². The van der Waals surface area contributed by atoms with Crippen molar-refractivity contribution in [1.82, 2.24) is 19.2 Å². The van der Waals surface area contributed by atoms with Crippen LogP contribution in [0.3, 0.4) is 0 Å². The first-order chi connectivity index (χ1) is 15.2. The van der Waals surface area contributed by atoms with E-state index in [1.807, 2.05) is 40.1 Å². The number of rotatable bonds is 6. The minimum absolute atomic E-state index is 0.0320. The van der Waals surface area contributed by atoms with Crippen LogP contribution in [0.15, 0.2) is 76.0 Å². The van der Waals surface area contributed by atoms with Crippen molar-refractivity contribution in [2.24, 2.45) is 0 Å². The van der Waals surface area contributed by atoms with Gasteiger partial charge in [0.25, 0.3) is 5.56 Å². The highest BCUT2D eigenvalue weighted by Crippen LogP contribution is 2.25. The number of thiophene rings is 1. The van der Waals surface area contributed by atoms with E-state index in [-0.39, 0.29) is 17.1 Å². The lowest BCUT2D eigenvalue weighted by molar-refractivity contribution is 0.102. The van der Waals surface area contributed by atoms with Gasteiger partial charge in [-0.2, -0.15) is 0 Å². The monoisotopic (exact) mass is 448 g/mol. The van der Waals surface area contributed by atoms with Gasteiger partial charge in [-0.1, -0.05) is 30.0 Å². The number of nitrogens with zero attached hydrogens (tertiary/aromatic N) is 4. The van der Waals surface area contributed by atoms with Crippen molar-refractivity contribution in [3.8, 4) is 11.4 Å². The maximum atomic E-state index is 13.3. The lowest BCUT2D eigenvalue weighted by atomic mass is 10.2. The van der Waals surface area contributed by atoms with Gasteiger partial charge in [-0.05, 0) is 47.8 Å². The van der Waals surface area contributed by atoms with Gasteiger partial charge >= 0.3 is 0 Å². The van der Waals surface area contributed by atoms with Crippen LogP contribution >= 0.6 is 23.1 Å². The molecule has 0 atom stereocenters. The predicted octanol–water partition coefficient (Wildman–Crippen LogP) is 4.08. The Balaban J connectivity index is 1.66. The zero-order chi connectivity index (χ0) is 21.4. The van der Waals surface area contributed by atoms with E-state index < -0.39 is 0 Å². The Morgan fingerprint density at radius 1 is 1.06 bits per heavy atom. The molecule has 0 saturated heterocycles. The summed E-state index contributed by atoms with van der Waals surface area (Å²) in [5, 5.41) is 11.6. The fourth-order valence-corrected chi connectivity index (χ4v) is 4.95. The fourth-order valence-electron chi connectivity index (χ4n) is 3.37. The summed E-state index contributed by atoms with van der Waals surface area (Å²) in [6.45, 7) is 0. The predicted molar refractivity (Wildman–Crippen MR) is 122 cm³/mol. The van der Waals surface area contributed by atoms with Gasteiger partial charge < -0.3 is 4.74 Å². The number of ether oxygens (including phenoxy) is 1. The Bertz CT molecular complexity index is 1450. The van der Waals surface area contributed by atoms with Crippen LogP contribution in [0.1, 0.15) is 9.67 Å². The molecule has 3 aromatic heterocycles. The summed E-state index contributed by atoms with van der Waals surface area (Å²) in [4.78, 5) is 26.5. The van der Waals surface area contributed by atoms with E-state index >= 15 is 0 Å². The number of aromatic nitrogens is 4. The van der Waals surface area contributed by atoms with Gasteiger partial charge in [-0.25, -0.2) is 4.57 Å². The molecule has 3 heterocycles. The summed E-state index contributed by atoms with van der Waals surface area (Å²) >= 11 is 2.72. The number of carbonyl (C=O) groups is 1. The van der Waals surface area contributed by atoms with Crippen molar-refractivity contribution in [1.29, 1.82) is 0 Å². The molecule has 5 rings (SSSR count). The number of para-hydroxylation sites is 1. The standard InChI is InChI=1S/C22H16N4O3S2/c1-29-15-10-8-14(9-11-15)25-20(28)16-5-2-3-6-17(16)26-21(25)23-24-22(26)31-13-18(27)19-7-4-12-30-19/h2-12H,13H2,1H3. The van der Waals surface area contributed by atoms with Crippen LogP contribution in [0.5, 0.6) is 5.75 Å². The van der Waals surface area contributed by atoms with E-state index in [1.54, 1.807) is 37.4 Å². The molecule has 0 unspecified atom stereocenters. The van der Waals surface area contributed by atoms with E-state index in [9.17, 15) is 9.59 Å². The average Bonchev–Trinajstić information content (AvgIpc) is 3.49. The zero-order valence-electron chi connectivity index (χ0n) is 16.4. The van der Waals surface area contributed by atoms with Crippen LogP contribution in [-0.4, -0.2) is 37.8 Å². The third-order valence-corrected chi connectivity index (χ3v) is 6.69. The molecule has 0 saturated carbocycles. The van der Waals surface area contributed by atoms with E-state index in [1.165, 1.54) is 27.7 Å². The number of hydrogen-bond donors (Lipinski definition) is 0.